The van der Waals surface area contributed by atoms with Gasteiger partial charge in [-0.1, -0.05) is 78.4 Å². The van der Waals surface area contributed by atoms with E-state index in [0.717, 1.165) is 5.56 Å². The Bertz CT molecular complexity index is 1440. The Balaban J connectivity index is 1.74. The van der Waals surface area contributed by atoms with Crippen molar-refractivity contribution in [2.75, 3.05) is 5.32 Å². The average molecular weight is 509 g/mol. The number of hydrogen-bond acceptors (Lipinski definition) is 2. The van der Waals surface area contributed by atoms with E-state index in [2.05, 4.69) is 0 Å². The molecule has 1 N–H and O–H groups in total. The molecule has 0 aliphatic rings. The summed E-state index contributed by atoms with van der Waals surface area (Å²) in [4.78, 5) is 26.2. The van der Waals surface area contributed by atoms with Crippen molar-refractivity contribution in [3.63, 3.8) is 0 Å². The maximum absolute atomic E-state index is 14.3. The number of carbonyl (C=O) groups excluding carboxylic acids is 2. The standard InChI is InChI=1S/C29H20F5NO2/c1-16-10-12-17(13-11-16)14-21(29(37)35-27-25(33)23(31)22(30)24(32)26(27)34)19-8-5-9-20(15-19)28(36)18-6-3-2-4-7-18/h2-13,15,21H,14H2,1H3,(H,35,37). The van der Waals surface area contributed by atoms with Crippen molar-refractivity contribution >= 4 is 17.4 Å². The van der Waals surface area contributed by atoms with Gasteiger partial charge in [-0.25, -0.2) is 22.0 Å². The van der Waals surface area contributed by atoms with Gasteiger partial charge in [0.25, 0.3) is 0 Å². The van der Waals surface area contributed by atoms with Crippen LogP contribution >= 0.6 is 0 Å². The predicted molar refractivity (Wildman–Crippen MR) is 129 cm³/mol. The molecule has 8 heteroatoms. The van der Waals surface area contributed by atoms with Gasteiger partial charge in [0.05, 0.1) is 5.92 Å². The van der Waals surface area contributed by atoms with Gasteiger partial charge in [-0.2, -0.15) is 0 Å². The third kappa shape index (κ3) is 5.43. The quantitative estimate of drug-likeness (QED) is 0.128. The molecule has 1 unspecified atom stereocenters. The molecule has 0 aliphatic carbocycles. The number of anilines is 1. The summed E-state index contributed by atoms with van der Waals surface area (Å²) >= 11 is 0. The fourth-order valence-electron chi connectivity index (χ4n) is 3.90. The Kier molecular flexibility index (Phi) is 7.47. The lowest BCUT2D eigenvalue weighted by atomic mass is 9.88. The van der Waals surface area contributed by atoms with Crippen LogP contribution in [0.25, 0.3) is 0 Å². The first-order valence-electron chi connectivity index (χ1n) is 11.2. The monoisotopic (exact) mass is 509 g/mol. The fraction of sp³-hybridized carbons (Fsp3) is 0.103. The molecular weight excluding hydrogens is 489 g/mol. The van der Waals surface area contributed by atoms with Crippen molar-refractivity contribution in [2.45, 2.75) is 19.3 Å². The van der Waals surface area contributed by atoms with Crippen LogP contribution in [0, 0.1) is 36.0 Å². The van der Waals surface area contributed by atoms with Gasteiger partial charge >= 0.3 is 0 Å². The van der Waals surface area contributed by atoms with Crippen molar-refractivity contribution in [3.8, 4) is 0 Å². The molecule has 0 aromatic heterocycles. The Hall–Kier alpha value is -4.33. The molecule has 188 valence electrons. The molecule has 0 spiro atoms. The van der Waals surface area contributed by atoms with Crippen molar-refractivity contribution in [1.82, 2.24) is 0 Å². The second-order valence-electron chi connectivity index (χ2n) is 8.50. The highest BCUT2D eigenvalue weighted by atomic mass is 19.2. The lowest BCUT2D eigenvalue weighted by molar-refractivity contribution is -0.117. The van der Waals surface area contributed by atoms with Gasteiger partial charge in [0.1, 0.15) is 5.69 Å². The molecule has 4 aromatic rings. The van der Waals surface area contributed by atoms with Crippen LogP contribution < -0.4 is 5.32 Å². The van der Waals surface area contributed by atoms with E-state index in [1.807, 2.05) is 24.4 Å². The lowest BCUT2D eigenvalue weighted by Crippen LogP contribution is -2.25. The van der Waals surface area contributed by atoms with Crippen LogP contribution in [0.15, 0.2) is 78.9 Å². The van der Waals surface area contributed by atoms with Gasteiger partial charge in [-0.3, -0.25) is 9.59 Å². The normalized spacial score (nSPS) is 11.7. The van der Waals surface area contributed by atoms with E-state index in [0.29, 0.717) is 16.7 Å². The van der Waals surface area contributed by atoms with Gasteiger partial charge in [-0.05, 0) is 30.5 Å². The van der Waals surface area contributed by atoms with E-state index < -0.39 is 46.6 Å². The van der Waals surface area contributed by atoms with Crippen LogP contribution in [-0.4, -0.2) is 11.7 Å². The summed E-state index contributed by atoms with van der Waals surface area (Å²) in [5, 5.41) is 1.88. The minimum Gasteiger partial charge on any atom is -0.320 e. The highest BCUT2D eigenvalue weighted by molar-refractivity contribution is 6.09. The van der Waals surface area contributed by atoms with Gasteiger partial charge < -0.3 is 5.32 Å². The maximum Gasteiger partial charge on any atom is 0.232 e. The summed E-state index contributed by atoms with van der Waals surface area (Å²) < 4.78 is 69.5. The van der Waals surface area contributed by atoms with Crippen LogP contribution in [0.5, 0.6) is 0 Å². The number of nitrogens with one attached hydrogen (secondary N) is 1. The summed E-state index contributed by atoms with van der Waals surface area (Å²) in [7, 11) is 0. The molecule has 0 heterocycles. The second-order valence-corrected chi connectivity index (χ2v) is 8.50. The van der Waals surface area contributed by atoms with Crippen molar-refractivity contribution in [1.29, 1.82) is 0 Å². The predicted octanol–water partition coefficient (Wildman–Crippen LogP) is 6.89. The number of hydrogen-bond donors (Lipinski definition) is 1. The first-order chi connectivity index (χ1) is 17.7. The van der Waals surface area contributed by atoms with Gasteiger partial charge in [-0.15, -0.1) is 0 Å². The summed E-state index contributed by atoms with van der Waals surface area (Å²) in [6, 6.07) is 21.7. The summed E-state index contributed by atoms with van der Waals surface area (Å²) in [5.74, 6) is -13.4. The molecule has 4 aromatic carbocycles. The summed E-state index contributed by atoms with van der Waals surface area (Å²) in [6.45, 7) is 1.87. The van der Waals surface area contributed by atoms with Gasteiger partial charge in [0.15, 0.2) is 29.1 Å². The molecule has 0 radical (unpaired) electrons. The third-order valence-corrected chi connectivity index (χ3v) is 5.92. The number of halogens is 5. The zero-order valence-electron chi connectivity index (χ0n) is 19.5. The van der Waals surface area contributed by atoms with E-state index in [-0.39, 0.29) is 17.8 Å². The average Bonchev–Trinajstić information content (AvgIpc) is 2.93. The Morgan fingerprint density at radius 2 is 1.27 bits per heavy atom. The van der Waals surface area contributed by atoms with E-state index in [1.165, 1.54) is 6.07 Å². The zero-order chi connectivity index (χ0) is 26.7. The molecule has 1 atom stereocenters. The Labute approximate surface area is 209 Å². The molecule has 3 nitrogen and oxygen atoms in total. The molecule has 0 saturated carbocycles. The molecule has 0 aliphatic heterocycles. The molecule has 0 bridgehead atoms. The SMILES string of the molecule is Cc1ccc(CC(C(=O)Nc2c(F)c(F)c(F)c(F)c2F)c2cccc(C(=O)c3ccccc3)c2)cc1. The fourth-order valence-corrected chi connectivity index (χ4v) is 3.90. The minimum absolute atomic E-state index is 0.0322. The number of benzene rings is 4. The van der Waals surface area contributed by atoms with E-state index in [1.54, 1.807) is 60.7 Å². The topological polar surface area (TPSA) is 46.2 Å². The summed E-state index contributed by atoms with van der Waals surface area (Å²) in [6.07, 6.45) is 0.0322. The number of amides is 1. The molecule has 4 rings (SSSR count). The number of rotatable bonds is 7. The first kappa shape index (κ1) is 25.8. The van der Waals surface area contributed by atoms with Crippen LogP contribution in [0.1, 0.15) is 38.5 Å². The van der Waals surface area contributed by atoms with Gasteiger partial charge in [0, 0.05) is 11.1 Å². The largest absolute Gasteiger partial charge is 0.320 e. The number of carbonyl (C=O) groups is 2. The van der Waals surface area contributed by atoms with E-state index in [4.69, 9.17) is 0 Å². The van der Waals surface area contributed by atoms with Crippen molar-refractivity contribution in [2.24, 2.45) is 0 Å². The molecule has 0 saturated heterocycles. The Morgan fingerprint density at radius 1 is 0.703 bits per heavy atom. The van der Waals surface area contributed by atoms with Crippen molar-refractivity contribution in [3.05, 3.63) is 136 Å². The van der Waals surface area contributed by atoms with Gasteiger partial charge in [0.2, 0.25) is 11.7 Å². The summed E-state index contributed by atoms with van der Waals surface area (Å²) in [5.41, 5.74) is 1.21. The molecule has 37 heavy (non-hydrogen) atoms. The third-order valence-electron chi connectivity index (χ3n) is 5.92. The van der Waals surface area contributed by atoms with Crippen molar-refractivity contribution < 1.29 is 31.5 Å². The first-order valence-corrected chi connectivity index (χ1v) is 11.2. The smallest absolute Gasteiger partial charge is 0.232 e. The highest BCUT2D eigenvalue weighted by Crippen LogP contribution is 2.30. The van der Waals surface area contributed by atoms with E-state index >= 15 is 0 Å². The zero-order valence-corrected chi connectivity index (χ0v) is 19.5. The number of ketones is 1. The lowest BCUT2D eigenvalue weighted by Gasteiger charge is -2.19. The molecular formula is C29H20F5NO2. The highest BCUT2D eigenvalue weighted by Gasteiger charge is 2.30. The van der Waals surface area contributed by atoms with Crippen LogP contribution in [0.2, 0.25) is 0 Å². The number of aryl methyl sites for hydroxylation is 1. The molecule has 1 amide bonds. The van der Waals surface area contributed by atoms with E-state index in [9.17, 15) is 31.5 Å². The Morgan fingerprint density at radius 3 is 1.89 bits per heavy atom. The molecule has 0 fully saturated rings. The second kappa shape index (κ2) is 10.7. The van der Waals surface area contributed by atoms with Crippen LogP contribution in [-0.2, 0) is 11.2 Å². The maximum atomic E-state index is 14.3. The van der Waals surface area contributed by atoms with Crippen LogP contribution in [0.4, 0.5) is 27.6 Å². The minimum atomic E-state index is -2.32. The van der Waals surface area contributed by atoms with Crippen LogP contribution in [0.3, 0.4) is 0 Å².